The number of nitrogens with two attached hydrogens (primary N) is 1. The third kappa shape index (κ3) is 4.17. The lowest BCUT2D eigenvalue weighted by atomic mass is 9.96. The van der Waals surface area contributed by atoms with Crippen molar-refractivity contribution in [1.82, 2.24) is 4.98 Å². The van der Waals surface area contributed by atoms with Crippen LogP contribution in [0.1, 0.15) is 33.1 Å². The topological polar surface area (TPSA) is 71.2 Å². The standard InChI is InChI=1S/C16H26N4O/c1-12(2)10-13(11-17)16(21)19-14-6-5-7-18-15(14)20-8-3-4-9-20/h5-7,12-13H,3-4,8-11,17H2,1-2H3,(H,19,21). The molecule has 1 aromatic rings. The fourth-order valence-electron chi connectivity index (χ4n) is 2.79. The Labute approximate surface area is 126 Å². The Balaban J connectivity index is 2.09. The van der Waals surface area contributed by atoms with Crippen LogP contribution in [0.15, 0.2) is 18.3 Å². The molecule has 1 fully saturated rings. The number of amides is 1. The first-order chi connectivity index (χ1) is 10.1. The summed E-state index contributed by atoms with van der Waals surface area (Å²) >= 11 is 0. The molecule has 2 heterocycles. The lowest BCUT2D eigenvalue weighted by Crippen LogP contribution is -2.31. The molecule has 0 radical (unpaired) electrons. The molecule has 0 aromatic carbocycles. The molecule has 1 amide bonds. The van der Waals surface area contributed by atoms with Crippen molar-refractivity contribution < 1.29 is 4.79 Å². The van der Waals surface area contributed by atoms with Gasteiger partial charge < -0.3 is 16.0 Å². The number of hydrogen-bond donors (Lipinski definition) is 2. The molecule has 3 N–H and O–H groups in total. The zero-order valence-corrected chi connectivity index (χ0v) is 13.0. The second kappa shape index (κ2) is 7.41. The second-order valence-electron chi connectivity index (χ2n) is 6.12. The molecule has 0 aliphatic carbocycles. The zero-order valence-electron chi connectivity index (χ0n) is 13.0. The highest BCUT2D eigenvalue weighted by molar-refractivity contribution is 5.95. The minimum Gasteiger partial charge on any atom is -0.355 e. The summed E-state index contributed by atoms with van der Waals surface area (Å²) < 4.78 is 0. The highest BCUT2D eigenvalue weighted by Crippen LogP contribution is 2.26. The number of pyridine rings is 1. The summed E-state index contributed by atoms with van der Waals surface area (Å²) in [6.07, 6.45) is 4.95. The van der Waals surface area contributed by atoms with E-state index in [9.17, 15) is 4.79 Å². The van der Waals surface area contributed by atoms with Crippen molar-refractivity contribution in [2.75, 3.05) is 29.9 Å². The first-order valence-corrected chi connectivity index (χ1v) is 7.82. The number of aromatic nitrogens is 1. The van der Waals surface area contributed by atoms with Gasteiger partial charge in [-0.3, -0.25) is 4.79 Å². The number of carbonyl (C=O) groups excluding carboxylic acids is 1. The Bertz CT molecular complexity index is 469. The first kappa shape index (κ1) is 15.8. The summed E-state index contributed by atoms with van der Waals surface area (Å²) in [5.74, 6) is 1.19. The van der Waals surface area contributed by atoms with Crippen molar-refractivity contribution in [2.24, 2.45) is 17.6 Å². The molecule has 0 bridgehead atoms. The van der Waals surface area contributed by atoms with Gasteiger partial charge in [0.05, 0.1) is 11.6 Å². The molecule has 0 spiro atoms. The SMILES string of the molecule is CC(C)CC(CN)C(=O)Nc1cccnc1N1CCCC1. The van der Waals surface area contributed by atoms with Crippen LogP contribution in [0.5, 0.6) is 0 Å². The summed E-state index contributed by atoms with van der Waals surface area (Å²) in [6, 6.07) is 3.77. The largest absolute Gasteiger partial charge is 0.355 e. The van der Waals surface area contributed by atoms with Gasteiger partial charge in [-0.1, -0.05) is 13.8 Å². The van der Waals surface area contributed by atoms with Gasteiger partial charge in [-0.2, -0.15) is 0 Å². The maximum Gasteiger partial charge on any atom is 0.228 e. The van der Waals surface area contributed by atoms with E-state index < -0.39 is 0 Å². The Morgan fingerprint density at radius 1 is 1.43 bits per heavy atom. The first-order valence-electron chi connectivity index (χ1n) is 7.82. The molecule has 21 heavy (non-hydrogen) atoms. The third-order valence-electron chi connectivity index (χ3n) is 3.86. The highest BCUT2D eigenvalue weighted by Gasteiger charge is 2.22. The van der Waals surface area contributed by atoms with E-state index in [0.717, 1.165) is 31.0 Å². The molecular formula is C16H26N4O. The minimum absolute atomic E-state index is 0.000327. The lowest BCUT2D eigenvalue weighted by molar-refractivity contribution is -0.120. The average Bonchev–Trinajstić information content (AvgIpc) is 2.99. The number of hydrogen-bond acceptors (Lipinski definition) is 4. The van der Waals surface area contributed by atoms with Crippen LogP contribution < -0.4 is 16.0 Å². The van der Waals surface area contributed by atoms with Crippen molar-refractivity contribution in [3.63, 3.8) is 0 Å². The van der Waals surface area contributed by atoms with Gasteiger partial charge in [0.2, 0.25) is 5.91 Å². The Morgan fingerprint density at radius 3 is 2.76 bits per heavy atom. The van der Waals surface area contributed by atoms with Crippen LogP contribution in [-0.4, -0.2) is 30.5 Å². The van der Waals surface area contributed by atoms with Gasteiger partial charge in [-0.15, -0.1) is 0 Å². The number of anilines is 2. The summed E-state index contributed by atoms with van der Waals surface area (Å²) in [4.78, 5) is 19.1. The monoisotopic (exact) mass is 290 g/mol. The smallest absolute Gasteiger partial charge is 0.228 e. The molecule has 0 saturated carbocycles. The summed E-state index contributed by atoms with van der Waals surface area (Å²) in [7, 11) is 0. The van der Waals surface area contributed by atoms with Crippen molar-refractivity contribution in [2.45, 2.75) is 33.1 Å². The van der Waals surface area contributed by atoms with Crippen molar-refractivity contribution in [3.05, 3.63) is 18.3 Å². The van der Waals surface area contributed by atoms with Gasteiger partial charge >= 0.3 is 0 Å². The maximum atomic E-state index is 12.4. The van der Waals surface area contributed by atoms with Crippen LogP contribution in [-0.2, 0) is 4.79 Å². The number of nitrogens with one attached hydrogen (secondary N) is 1. The predicted molar refractivity (Wildman–Crippen MR) is 86.3 cm³/mol. The average molecular weight is 290 g/mol. The van der Waals surface area contributed by atoms with E-state index in [-0.39, 0.29) is 11.8 Å². The van der Waals surface area contributed by atoms with Gasteiger partial charge in [0.1, 0.15) is 0 Å². The van der Waals surface area contributed by atoms with Crippen LogP contribution in [0.2, 0.25) is 0 Å². The van der Waals surface area contributed by atoms with E-state index in [1.807, 2.05) is 12.1 Å². The predicted octanol–water partition coefficient (Wildman–Crippen LogP) is 2.24. The van der Waals surface area contributed by atoms with Crippen LogP contribution in [0.4, 0.5) is 11.5 Å². The molecule has 1 atom stereocenters. The molecule has 5 heteroatoms. The van der Waals surface area contributed by atoms with E-state index in [0.29, 0.717) is 12.5 Å². The Kier molecular flexibility index (Phi) is 5.56. The number of rotatable bonds is 6. The Hall–Kier alpha value is -1.62. The normalized spacial score (nSPS) is 16.3. The number of carbonyl (C=O) groups is 1. The van der Waals surface area contributed by atoms with Gasteiger partial charge in [0, 0.05) is 25.8 Å². The molecule has 5 nitrogen and oxygen atoms in total. The third-order valence-corrected chi connectivity index (χ3v) is 3.86. The molecule has 1 saturated heterocycles. The van der Waals surface area contributed by atoms with E-state index >= 15 is 0 Å². The molecular weight excluding hydrogens is 264 g/mol. The summed E-state index contributed by atoms with van der Waals surface area (Å²) in [5, 5.41) is 3.02. The number of nitrogens with zero attached hydrogens (tertiary/aromatic N) is 2. The molecule has 2 rings (SSSR count). The second-order valence-corrected chi connectivity index (χ2v) is 6.12. The maximum absolute atomic E-state index is 12.4. The molecule has 1 aliphatic rings. The Morgan fingerprint density at radius 2 is 2.14 bits per heavy atom. The quantitative estimate of drug-likeness (QED) is 0.843. The van der Waals surface area contributed by atoms with Crippen LogP contribution in [0.3, 0.4) is 0 Å². The van der Waals surface area contributed by atoms with Crippen molar-refractivity contribution >= 4 is 17.4 Å². The van der Waals surface area contributed by atoms with Crippen molar-refractivity contribution in [1.29, 1.82) is 0 Å². The molecule has 1 aliphatic heterocycles. The van der Waals surface area contributed by atoms with E-state index in [4.69, 9.17) is 5.73 Å². The molecule has 116 valence electrons. The van der Waals surface area contributed by atoms with Crippen LogP contribution in [0.25, 0.3) is 0 Å². The fraction of sp³-hybridized carbons (Fsp3) is 0.625. The van der Waals surface area contributed by atoms with Gasteiger partial charge in [-0.25, -0.2) is 4.98 Å². The van der Waals surface area contributed by atoms with Gasteiger partial charge in [0.25, 0.3) is 0 Å². The lowest BCUT2D eigenvalue weighted by Gasteiger charge is -2.22. The van der Waals surface area contributed by atoms with Gasteiger partial charge in [0.15, 0.2) is 5.82 Å². The highest BCUT2D eigenvalue weighted by atomic mass is 16.1. The molecule has 1 unspecified atom stereocenters. The van der Waals surface area contributed by atoms with Crippen LogP contribution in [0, 0.1) is 11.8 Å². The zero-order chi connectivity index (χ0) is 15.2. The van der Waals surface area contributed by atoms with E-state index in [1.165, 1.54) is 12.8 Å². The summed E-state index contributed by atoms with van der Waals surface area (Å²) in [5.41, 5.74) is 6.55. The van der Waals surface area contributed by atoms with Crippen LogP contribution >= 0.6 is 0 Å². The van der Waals surface area contributed by atoms with Gasteiger partial charge in [-0.05, 0) is 37.3 Å². The fourth-order valence-corrected chi connectivity index (χ4v) is 2.79. The van der Waals surface area contributed by atoms with E-state index in [2.05, 4.69) is 29.0 Å². The molecule has 1 aromatic heterocycles. The summed E-state index contributed by atoms with van der Waals surface area (Å²) in [6.45, 7) is 6.60. The minimum atomic E-state index is -0.142. The van der Waals surface area contributed by atoms with E-state index in [1.54, 1.807) is 6.20 Å². The van der Waals surface area contributed by atoms with Crippen molar-refractivity contribution in [3.8, 4) is 0 Å².